The van der Waals surface area contributed by atoms with Crippen LogP contribution >= 0.6 is 23.2 Å². The van der Waals surface area contributed by atoms with E-state index in [0.717, 1.165) is 5.56 Å². The van der Waals surface area contributed by atoms with Gasteiger partial charge in [0, 0.05) is 0 Å². The Balaban J connectivity index is 3.07. The van der Waals surface area contributed by atoms with E-state index < -0.39 is 0 Å². The highest BCUT2D eigenvalue weighted by molar-refractivity contribution is 6.42. The summed E-state index contributed by atoms with van der Waals surface area (Å²) in [5.41, 5.74) is 0.907. The van der Waals surface area contributed by atoms with Crippen LogP contribution in [0.3, 0.4) is 0 Å². The molecule has 1 aromatic carbocycles. The Hall–Kier alpha value is -0.720. The van der Waals surface area contributed by atoms with Gasteiger partial charge >= 0.3 is 0 Å². The fraction of sp³-hybridized carbons (Fsp3) is 0. The molecule has 0 saturated carbocycles. The van der Waals surface area contributed by atoms with E-state index in [4.69, 9.17) is 23.2 Å². The zero-order valence-electron chi connectivity index (χ0n) is 6.43. The van der Waals surface area contributed by atoms with Crippen molar-refractivity contribution in [1.29, 1.82) is 0 Å². The van der Waals surface area contributed by atoms with Crippen molar-refractivity contribution in [3.05, 3.63) is 52.5 Å². The maximum absolute atomic E-state index is 5.91. The lowest BCUT2D eigenvalue weighted by Crippen LogP contribution is -1.74. The maximum Gasteiger partial charge on any atom is 0.0664 e. The van der Waals surface area contributed by atoms with Gasteiger partial charge in [-0.25, -0.2) is 0 Å². The molecule has 62 valence electrons. The Bertz CT molecular complexity index is 314. The van der Waals surface area contributed by atoms with Crippen molar-refractivity contribution in [3.63, 3.8) is 0 Å². The third-order valence-corrected chi connectivity index (χ3v) is 2.23. The molecule has 1 rings (SSSR count). The van der Waals surface area contributed by atoms with Crippen molar-refractivity contribution in [1.82, 2.24) is 0 Å². The summed E-state index contributed by atoms with van der Waals surface area (Å²) in [6.07, 6.45) is 5.37. The number of halogens is 2. The van der Waals surface area contributed by atoms with Gasteiger partial charge in [0.15, 0.2) is 0 Å². The lowest BCUT2D eigenvalue weighted by Gasteiger charge is -1.98. The minimum atomic E-state index is 0.572. The van der Waals surface area contributed by atoms with Crippen LogP contribution in [0.25, 0.3) is 6.08 Å². The van der Waals surface area contributed by atoms with Gasteiger partial charge in [-0.15, -0.1) is 0 Å². The molecule has 12 heavy (non-hydrogen) atoms. The molecule has 0 heterocycles. The summed E-state index contributed by atoms with van der Waals surface area (Å²) in [5.74, 6) is 0. The van der Waals surface area contributed by atoms with E-state index in [2.05, 4.69) is 6.58 Å². The normalized spacial score (nSPS) is 10.5. The maximum atomic E-state index is 5.91. The molecular weight excluding hydrogens is 191 g/mol. The van der Waals surface area contributed by atoms with Crippen molar-refractivity contribution >= 4 is 29.3 Å². The van der Waals surface area contributed by atoms with Crippen LogP contribution < -0.4 is 0 Å². The molecule has 0 aliphatic carbocycles. The number of hydrogen-bond donors (Lipinski definition) is 0. The van der Waals surface area contributed by atoms with Crippen molar-refractivity contribution in [2.75, 3.05) is 0 Å². The van der Waals surface area contributed by atoms with Gasteiger partial charge in [0.25, 0.3) is 0 Å². The molecule has 0 unspecified atom stereocenters. The van der Waals surface area contributed by atoms with Gasteiger partial charge in [-0.3, -0.25) is 0 Å². The van der Waals surface area contributed by atoms with Crippen molar-refractivity contribution in [2.45, 2.75) is 0 Å². The van der Waals surface area contributed by atoms with E-state index in [0.29, 0.717) is 10.0 Å². The Labute approximate surface area is 82.1 Å². The predicted octanol–water partition coefficient (Wildman–Crippen LogP) is 4.19. The molecule has 0 bridgehead atoms. The van der Waals surface area contributed by atoms with Crippen molar-refractivity contribution in [2.24, 2.45) is 0 Å². The number of benzene rings is 1. The molecule has 0 fully saturated rings. The molecule has 0 N–H and O–H groups in total. The van der Waals surface area contributed by atoms with Crippen LogP contribution in [-0.2, 0) is 0 Å². The van der Waals surface area contributed by atoms with Crippen LogP contribution in [0.1, 0.15) is 5.56 Å². The van der Waals surface area contributed by atoms with Crippen molar-refractivity contribution in [3.8, 4) is 0 Å². The lowest BCUT2D eigenvalue weighted by molar-refractivity contribution is 1.65. The smallest absolute Gasteiger partial charge is 0.0664 e. The third kappa shape index (κ3) is 2.13. The first kappa shape index (κ1) is 9.37. The fourth-order valence-corrected chi connectivity index (χ4v) is 1.19. The molecule has 0 amide bonds. The molecule has 1 aromatic rings. The summed E-state index contributed by atoms with van der Waals surface area (Å²) in [6.45, 7) is 3.56. The number of rotatable bonds is 2. The molecular formula is C10H8Cl2. The molecule has 0 saturated heterocycles. The Kier molecular flexibility index (Phi) is 3.39. The minimum Gasteiger partial charge on any atom is -0.0991 e. The monoisotopic (exact) mass is 198 g/mol. The van der Waals surface area contributed by atoms with Gasteiger partial charge in [-0.2, -0.15) is 0 Å². The summed E-state index contributed by atoms with van der Waals surface area (Å²) in [6, 6.07) is 5.51. The molecule has 0 atom stereocenters. The van der Waals surface area contributed by atoms with E-state index in [9.17, 15) is 0 Å². The Morgan fingerprint density at radius 2 is 2.00 bits per heavy atom. The zero-order chi connectivity index (χ0) is 8.97. The van der Waals surface area contributed by atoms with Crippen LogP contribution in [0, 0.1) is 0 Å². The topological polar surface area (TPSA) is 0 Å². The van der Waals surface area contributed by atoms with Gasteiger partial charge in [-0.05, 0) is 11.6 Å². The highest BCUT2D eigenvalue weighted by Gasteiger charge is 1.99. The zero-order valence-corrected chi connectivity index (χ0v) is 7.94. The highest BCUT2D eigenvalue weighted by Crippen LogP contribution is 2.26. The first-order valence-electron chi connectivity index (χ1n) is 3.49. The molecule has 0 spiro atoms. The standard InChI is InChI=1S/C10H8Cl2/c1-2-3-5-8-6-4-7-9(11)10(8)12/h2-7H,1H2. The summed E-state index contributed by atoms with van der Waals surface area (Å²) < 4.78 is 0. The van der Waals surface area contributed by atoms with Crippen LogP contribution in [0.15, 0.2) is 36.9 Å². The van der Waals surface area contributed by atoms with Gasteiger partial charge in [0.05, 0.1) is 10.0 Å². The summed E-state index contributed by atoms with van der Waals surface area (Å²) in [4.78, 5) is 0. The number of hydrogen-bond acceptors (Lipinski definition) is 0. The Morgan fingerprint density at radius 1 is 1.25 bits per heavy atom. The van der Waals surface area contributed by atoms with Crippen LogP contribution in [0.2, 0.25) is 10.0 Å². The minimum absolute atomic E-state index is 0.572. The third-order valence-electron chi connectivity index (χ3n) is 1.39. The largest absolute Gasteiger partial charge is 0.0991 e. The Morgan fingerprint density at radius 3 is 2.67 bits per heavy atom. The molecule has 0 nitrogen and oxygen atoms in total. The molecule has 2 heteroatoms. The highest BCUT2D eigenvalue weighted by atomic mass is 35.5. The second-order valence-corrected chi connectivity index (χ2v) is 3.02. The molecule has 0 aliphatic heterocycles. The predicted molar refractivity (Wildman–Crippen MR) is 55.7 cm³/mol. The van der Waals surface area contributed by atoms with E-state index in [-0.39, 0.29) is 0 Å². The van der Waals surface area contributed by atoms with Crippen LogP contribution in [0.4, 0.5) is 0 Å². The fourth-order valence-electron chi connectivity index (χ4n) is 0.821. The SMILES string of the molecule is C=CC=Cc1cccc(Cl)c1Cl. The van der Waals surface area contributed by atoms with Gasteiger partial charge < -0.3 is 0 Å². The molecule has 0 aromatic heterocycles. The quantitative estimate of drug-likeness (QED) is 0.626. The average molecular weight is 199 g/mol. The first-order chi connectivity index (χ1) is 5.75. The second kappa shape index (κ2) is 4.34. The van der Waals surface area contributed by atoms with E-state index in [1.165, 1.54) is 0 Å². The number of allylic oxidation sites excluding steroid dienone is 2. The van der Waals surface area contributed by atoms with E-state index in [1.807, 2.05) is 24.3 Å². The molecule has 0 aliphatic rings. The van der Waals surface area contributed by atoms with Crippen molar-refractivity contribution < 1.29 is 0 Å². The van der Waals surface area contributed by atoms with Gasteiger partial charge in [0.1, 0.15) is 0 Å². The lowest BCUT2D eigenvalue weighted by atomic mass is 10.2. The van der Waals surface area contributed by atoms with E-state index in [1.54, 1.807) is 12.1 Å². The second-order valence-electron chi connectivity index (χ2n) is 2.24. The van der Waals surface area contributed by atoms with Gasteiger partial charge in [-0.1, -0.05) is 60.1 Å². The summed E-state index contributed by atoms with van der Waals surface area (Å²) >= 11 is 11.7. The first-order valence-corrected chi connectivity index (χ1v) is 4.24. The van der Waals surface area contributed by atoms with Gasteiger partial charge in [0.2, 0.25) is 0 Å². The molecule has 0 radical (unpaired) electrons. The van der Waals surface area contributed by atoms with Crippen LogP contribution in [0.5, 0.6) is 0 Å². The average Bonchev–Trinajstić information content (AvgIpc) is 2.08. The van der Waals surface area contributed by atoms with Crippen LogP contribution in [-0.4, -0.2) is 0 Å². The summed E-state index contributed by atoms with van der Waals surface area (Å²) in [5, 5.41) is 1.15. The van der Waals surface area contributed by atoms with E-state index >= 15 is 0 Å². The summed E-state index contributed by atoms with van der Waals surface area (Å²) in [7, 11) is 0.